The number of hydrogen-bond acceptors (Lipinski definition) is 1. The lowest BCUT2D eigenvalue weighted by Gasteiger charge is -2.12. The van der Waals surface area contributed by atoms with E-state index in [4.69, 9.17) is 0 Å². The molecule has 0 bridgehead atoms. The standard InChI is InChI=1S/C38H24N2S/c41-26-16-14-25(15-17-26)40-34-12-6-4-10-29(34)32-20-18-28-27-22-23-36-37(30(27)19-21-31(28)38(32)40)33-11-5-7-13-35(33)39(36)24-8-2-1-3-9-24/h1-23,41H. The van der Waals surface area contributed by atoms with Gasteiger partial charge in [0.2, 0.25) is 0 Å². The fourth-order valence-electron chi connectivity index (χ4n) is 6.87. The lowest BCUT2D eigenvalue weighted by molar-refractivity contribution is 1.18. The van der Waals surface area contributed by atoms with E-state index in [1.165, 1.54) is 70.8 Å². The van der Waals surface area contributed by atoms with Crippen LogP contribution in [-0.2, 0) is 0 Å². The molecule has 0 aliphatic carbocycles. The van der Waals surface area contributed by atoms with Gasteiger partial charge in [-0.1, -0.05) is 84.9 Å². The van der Waals surface area contributed by atoms with Crippen molar-refractivity contribution in [2.75, 3.05) is 0 Å². The number of aromatic nitrogens is 2. The highest BCUT2D eigenvalue weighted by atomic mass is 32.1. The average molecular weight is 541 g/mol. The van der Waals surface area contributed by atoms with E-state index in [1.54, 1.807) is 0 Å². The molecule has 2 aromatic heterocycles. The van der Waals surface area contributed by atoms with Gasteiger partial charge in [-0.15, -0.1) is 12.6 Å². The van der Waals surface area contributed by atoms with Crippen LogP contribution in [-0.4, -0.2) is 9.13 Å². The molecule has 2 nitrogen and oxygen atoms in total. The van der Waals surface area contributed by atoms with Gasteiger partial charge in [-0.3, -0.25) is 0 Å². The molecule has 0 unspecified atom stereocenters. The molecule has 2 heterocycles. The number of benzene rings is 7. The summed E-state index contributed by atoms with van der Waals surface area (Å²) in [4.78, 5) is 0.962. The van der Waals surface area contributed by atoms with Crippen molar-refractivity contribution in [1.29, 1.82) is 0 Å². The maximum atomic E-state index is 4.54. The van der Waals surface area contributed by atoms with Gasteiger partial charge < -0.3 is 9.13 Å². The zero-order chi connectivity index (χ0) is 27.1. The quantitative estimate of drug-likeness (QED) is 0.165. The minimum Gasteiger partial charge on any atom is -0.309 e. The Bertz CT molecular complexity index is 2460. The maximum absolute atomic E-state index is 4.54. The highest BCUT2D eigenvalue weighted by Crippen LogP contribution is 2.42. The van der Waals surface area contributed by atoms with Gasteiger partial charge >= 0.3 is 0 Å². The first-order chi connectivity index (χ1) is 20.3. The third-order valence-corrected chi connectivity index (χ3v) is 8.88. The van der Waals surface area contributed by atoms with E-state index in [0.29, 0.717) is 0 Å². The van der Waals surface area contributed by atoms with Crippen LogP contribution in [0.1, 0.15) is 0 Å². The normalized spacial score (nSPS) is 12.0. The molecule has 9 aromatic rings. The SMILES string of the molecule is Sc1ccc(-n2c3ccccc3c3ccc4c5ccc6c(c5ccc4c32)c2ccccc2n6-c2ccccc2)cc1. The maximum Gasteiger partial charge on any atom is 0.0619 e. The van der Waals surface area contributed by atoms with Gasteiger partial charge in [-0.2, -0.15) is 0 Å². The predicted octanol–water partition coefficient (Wildman–Crippen LogP) is 10.5. The van der Waals surface area contributed by atoms with E-state index in [9.17, 15) is 0 Å². The minimum atomic E-state index is 0.962. The fraction of sp³-hybridized carbons (Fsp3) is 0. The highest BCUT2D eigenvalue weighted by molar-refractivity contribution is 7.80. The second-order valence-electron chi connectivity index (χ2n) is 10.7. The molecule has 0 amide bonds. The topological polar surface area (TPSA) is 9.86 Å². The van der Waals surface area contributed by atoms with Gasteiger partial charge in [0, 0.05) is 43.2 Å². The Labute approximate surface area is 242 Å². The Morgan fingerprint density at radius 3 is 1.66 bits per heavy atom. The second kappa shape index (κ2) is 8.50. The highest BCUT2D eigenvalue weighted by Gasteiger charge is 2.18. The van der Waals surface area contributed by atoms with Crippen LogP contribution in [0.25, 0.3) is 76.5 Å². The van der Waals surface area contributed by atoms with Crippen LogP contribution < -0.4 is 0 Å². The second-order valence-corrected chi connectivity index (χ2v) is 11.3. The summed E-state index contributed by atoms with van der Waals surface area (Å²) in [6, 6.07) is 50.5. The molecule has 0 spiro atoms. The molecule has 9 rings (SSSR count). The van der Waals surface area contributed by atoms with Crippen molar-refractivity contribution in [2.24, 2.45) is 0 Å². The monoisotopic (exact) mass is 540 g/mol. The van der Waals surface area contributed by atoms with Crippen molar-refractivity contribution in [2.45, 2.75) is 4.90 Å². The van der Waals surface area contributed by atoms with E-state index in [2.05, 4.69) is 161 Å². The number of thiol groups is 1. The van der Waals surface area contributed by atoms with Crippen LogP contribution in [0.4, 0.5) is 0 Å². The zero-order valence-electron chi connectivity index (χ0n) is 22.1. The fourth-order valence-corrected chi connectivity index (χ4v) is 7.02. The molecule has 0 saturated heterocycles. The molecule has 7 aromatic carbocycles. The molecule has 0 aliphatic heterocycles. The summed E-state index contributed by atoms with van der Waals surface area (Å²) in [6.45, 7) is 0. The number of rotatable bonds is 2. The van der Waals surface area contributed by atoms with Crippen molar-refractivity contribution < 1.29 is 0 Å². The first-order valence-corrected chi connectivity index (χ1v) is 14.4. The van der Waals surface area contributed by atoms with Crippen molar-refractivity contribution in [3.8, 4) is 11.4 Å². The summed E-state index contributed by atoms with van der Waals surface area (Å²) in [5.74, 6) is 0. The van der Waals surface area contributed by atoms with Gasteiger partial charge in [0.1, 0.15) is 0 Å². The average Bonchev–Trinajstić information content (AvgIpc) is 3.55. The summed E-state index contributed by atoms with van der Waals surface area (Å²) in [7, 11) is 0. The summed E-state index contributed by atoms with van der Waals surface area (Å²) in [5.41, 5.74) is 7.23. The summed E-state index contributed by atoms with van der Waals surface area (Å²) in [5, 5.41) is 10.2. The lowest BCUT2D eigenvalue weighted by Crippen LogP contribution is -1.94. The first kappa shape index (κ1) is 22.8. The Balaban J connectivity index is 1.43. The summed E-state index contributed by atoms with van der Waals surface area (Å²) >= 11 is 4.54. The molecule has 0 saturated carbocycles. The zero-order valence-corrected chi connectivity index (χ0v) is 23.0. The van der Waals surface area contributed by atoms with Crippen molar-refractivity contribution >= 4 is 77.8 Å². The van der Waals surface area contributed by atoms with E-state index in [1.807, 2.05) is 0 Å². The van der Waals surface area contributed by atoms with Gasteiger partial charge in [-0.05, 0) is 70.8 Å². The van der Waals surface area contributed by atoms with E-state index < -0.39 is 0 Å². The van der Waals surface area contributed by atoms with Gasteiger partial charge in [-0.25, -0.2) is 0 Å². The molecule has 0 N–H and O–H groups in total. The molecule has 41 heavy (non-hydrogen) atoms. The number of nitrogens with zero attached hydrogens (tertiary/aromatic N) is 2. The van der Waals surface area contributed by atoms with Crippen LogP contribution in [0.5, 0.6) is 0 Å². The van der Waals surface area contributed by atoms with Crippen LogP contribution in [0.15, 0.2) is 144 Å². The third-order valence-electron chi connectivity index (χ3n) is 8.58. The van der Waals surface area contributed by atoms with E-state index in [-0.39, 0.29) is 0 Å². The lowest BCUT2D eigenvalue weighted by atomic mass is 9.96. The minimum absolute atomic E-state index is 0.962. The summed E-state index contributed by atoms with van der Waals surface area (Å²) in [6.07, 6.45) is 0. The van der Waals surface area contributed by atoms with Gasteiger partial charge in [0.05, 0.1) is 22.1 Å². The number of para-hydroxylation sites is 3. The van der Waals surface area contributed by atoms with Gasteiger partial charge in [0.15, 0.2) is 0 Å². The third kappa shape index (κ3) is 3.15. The molecule has 0 fully saturated rings. The Hall–Kier alpha value is -4.99. The molecule has 192 valence electrons. The Kier molecular flexibility index (Phi) is 4.73. The summed E-state index contributed by atoms with van der Waals surface area (Å²) < 4.78 is 4.80. The van der Waals surface area contributed by atoms with E-state index >= 15 is 0 Å². The van der Waals surface area contributed by atoms with Crippen molar-refractivity contribution in [1.82, 2.24) is 9.13 Å². The number of hydrogen-bond donors (Lipinski definition) is 1. The van der Waals surface area contributed by atoms with Crippen LogP contribution >= 0.6 is 12.6 Å². The van der Waals surface area contributed by atoms with Crippen LogP contribution in [0.3, 0.4) is 0 Å². The molecule has 0 aliphatic rings. The largest absolute Gasteiger partial charge is 0.309 e. The molecule has 3 heteroatoms. The molecule has 0 atom stereocenters. The Morgan fingerprint density at radius 1 is 0.341 bits per heavy atom. The predicted molar refractivity (Wildman–Crippen MR) is 177 cm³/mol. The van der Waals surface area contributed by atoms with Crippen LogP contribution in [0.2, 0.25) is 0 Å². The van der Waals surface area contributed by atoms with Crippen LogP contribution in [0, 0.1) is 0 Å². The first-order valence-electron chi connectivity index (χ1n) is 13.9. The van der Waals surface area contributed by atoms with Crippen molar-refractivity contribution in [3.63, 3.8) is 0 Å². The van der Waals surface area contributed by atoms with Crippen molar-refractivity contribution in [3.05, 3.63) is 140 Å². The molecule has 0 radical (unpaired) electrons. The van der Waals surface area contributed by atoms with E-state index in [0.717, 1.165) is 10.6 Å². The Morgan fingerprint density at radius 2 is 0.878 bits per heavy atom. The van der Waals surface area contributed by atoms with Gasteiger partial charge in [0.25, 0.3) is 0 Å². The molecular formula is C38H24N2S. The number of fused-ring (bicyclic) bond motifs is 11. The smallest absolute Gasteiger partial charge is 0.0619 e. The molecular weight excluding hydrogens is 516 g/mol.